The quantitative estimate of drug-likeness (QED) is 0.792. The van der Waals surface area contributed by atoms with Crippen molar-refractivity contribution >= 4 is 10.8 Å². The molecule has 0 radical (unpaired) electrons. The molecule has 0 heterocycles. The van der Waals surface area contributed by atoms with Crippen molar-refractivity contribution in [1.82, 2.24) is 0 Å². The first-order valence-corrected chi connectivity index (χ1v) is 5.97. The van der Waals surface area contributed by atoms with Crippen molar-refractivity contribution in [2.24, 2.45) is 5.73 Å². The molecule has 0 saturated carbocycles. The van der Waals surface area contributed by atoms with Crippen LogP contribution in [0.1, 0.15) is 18.4 Å². The second kappa shape index (κ2) is 5.52. The van der Waals surface area contributed by atoms with E-state index in [9.17, 15) is 0 Å². The van der Waals surface area contributed by atoms with Crippen molar-refractivity contribution in [3.63, 3.8) is 0 Å². The first-order chi connectivity index (χ1) is 8.31. The molecule has 17 heavy (non-hydrogen) atoms. The van der Waals surface area contributed by atoms with Crippen molar-refractivity contribution in [1.29, 1.82) is 0 Å². The van der Waals surface area contributed by atoms with Crippen LogP contribution in [0.2, 0.25) is 0 Å². The Labute approximate surface area is 103 Å². The van der Waals surface area contributed by atoms with Crippen molar-refractivity contribution in [2.75, 3.05) is 0 Å². The highest BCUT2D eigenvalue weighted by atomic mass is 14.6. The van der Waals surface area contributed by atoms with E-state index >= 15 is 0 Å². The van der Waals surface area contributed by atoms with Gasteiger partial charge in [0, 0.05) is 12.5 Å². The Kier molecular flexibility index (Phi) is 3.80. The molecule has 0 aromatic heterocycles. The average Bonchev–Trinajstić information content (AvgIpc) is 2.37. The first-order valence-electron chi connectivity index (χ1n) is 5.97. The highest BCUT2D eigenvalue weighted by Gasteiger charge is 2.06. The van der Waals surface area contributed by atoms with Crippen LogP contribution in [0.3, 0.4) is 0 Å². The van der Waals surface area contributed by atoms with E-state index in [1.54, 1.807) is 0 Å². The number of nitrogens with two attached hydrogens (primary N) is 1. The van der Waals surface area contributed by atoms with E-state index < -0.39 is 0 Å². The summed E-state index contributed by atoms with van der Waals surface area (Å²) in [5.74, 6) is 2.64. The lowest BCUT2D eigenvalue weighted by Crippen LogP contribution is -2.22. The van der Waals surface area contributed by atoms with Crippen LogP contribution in [-0.4, -0.2) is 6.04 Å². The Morgan fingerprint density at radius 3 is 2.71 bits per heavy atom. The van der Waals surface area contributed by atoms with Gasteiger partial charge < -0.3 is 5.73 Å². The highest BCUT2D eigenvalue weighted by molar-refractivity contribution is 5.85. The van der Waals surface area contributed by atoms with Crippen LogP contribution in [0.15, 0.2) is 42.5 Å². The first kappa shape index (κ1) is 11.7. The lowest BCUT2D eigenvalue weighted by molar-refractivity contribution is 0.625. The number of hydrogen-bond donors (Lipinski definition) is 1. The third kappa shape index (κ3) is 2.87. The van der Waals surface area contributed by atoms with Gasteiger partial charge in [0.1, 0.15) is 0 Å². The smallest absolute Gasteiger partial charge is 0.0101 e. The van der Waals surface area contributed by atoms with Gasteiger partial charge in [0.15, 0.2) is 0 Å². The minimum Gasteiger partial charge on any atom is -0.327 e. The van der Waals surface area contributed by atoms with E-state index in [4.69, 9.17) is 12.2 Å². The van der Waals surface area contributed by atoms with Gasteiger partial charge >= 0.3 is 0 Å². The summed E-state index contributed by atoms with van der Waals surface area (Å²) in [7, 11) is 0. The fourth-order valence-corrected chi connectivity index (χ4v) is 2.12. The predicted octanol–water partition coefficient (Wildman–Crippen LogP) is 3.12. The molecule has 2 aromatic carbocycles. The average molecular weight is 223 g/mol. The third-order valence-corrected chi connectivity index (χ3v) is 3.02. The lowest BCUT2D eigenvalue weighted by atomic mass is 9.97. The van der Waals surface area contributed by atoms with Gasteiger partial charge in [-0.05, 0) is 29.2 Å². The summed E-state index contributed by atoms with van der Waals surface area (Å²) < 4.78 is 0. The number of rotatable bonds is 4. The number of fused-ring (bicyclic) bond motifs is 1. The third-order valence-electron chi connectivity index (χ3n) is 3.02. The van der Waals surface area contributed by atoms with Crippen LogP contribution in [0.4, 0.5) is 0 Å². The molecule has 1 nitrogen and oxygen atoms in total. The second-order valence-corrected chi connectivity index (χ2v) is 4.35. The Morgan fingerprint density at radius 1 is 1.12 bits per heavy atom. The Hall–Kier alpha value is -1.78. The molecule has 0 fully saturated rings. The van der Waals surface area contributed by atoms with Crippen LogP contribution >= 0.6 is 0 Å². The Bertz CT molecular complexity index is 531. The van der Waals surface area contributed by atoms with Gasteiger partial charge in [0.05, 0.1) is 0 Å². The molecule has 0 aliphatic carbocycles. The summed E-state index contributed by atoms with van der Waals surface area (Å²) in [5.41, 5.74) is 7.40. The van der Waals surface area contributed by atoms with E-state index in [1.165, 1.54) is 16.3 Å². The molecule has 0 spiro atoms. The molecule has 2 rings (SSSR count). The minimum absolute atomic E-state index is 0.150. The van der Waals surface area contributed by atoms with E-state index in [1.807, 2.05) is 0 Å². The van der Waals surface area contributed by atoms with Gasteiger partial charge in [-0.15, -0.1) is 12.3 Å². The molecule has 0 aliphatic rings. The maximum absolute atomic E-state index is 6.09. The normalized spacial score (nSPS) is 12.2. The summed E-state index contributed by atoms with van der Waals surface area (Å²) in [6.45, 7) is 0. The molecular formula is C16H17N. The molecule has 1 heteroatoms. The number of hydrogen-bond acceptors (Lipinski definition) is 1. The molecule has 0 saturated heterocycles. The molecular weight excluding hydrogens is 206 g/mol. The second-order valence-electron chi connectivity index (χ2n) is 4.35. The highest BCUT2D eigenvalue weighted by Crippen LogP contribution is 2.20. The van der Waals surface area contributed by atoms with Gasteiger partial charge in [-0.1, -0.05) is 42.5 Å². The van der Waals surface area contributed by atoms with Gasteiger partial charge in [-0.3, -0.25) is 0 Å². The van der Waals surface area contributed by atoms with Crippen LogP contribution in [0.5, 0.6) is 0 Å². The van der Waals surface area contributed by atoms with Crippen LogP contribution in [0, 0.1) is 12.3 Å². The predicted molar refractivity (Wildman–Crippen MR) is 73.7 cm³/mol. The zero-order valence-corrected chi connectivity index (χ0v) is 9.89. The van der Waals surface area contributed by atoms with Gasteiger partial charge in [0.2, 0.25) is 0 Å². The fourth-order valence-electron chi connectivity index (χ4n) is 2.12. The molecule has 0 bridgehead atoms. The Morgan fingerprint density at radius 2 is 1.88 bits per heavy atom. The monoisotopic (exact) mass is 223 g/mol. The Balaban J connectivity index is 2.21. The summed E-state index contributed by atoms with van der Waals surface area (Å²) in [4.78, 5) is 0. The topological polar surface area (TPSA) is 26.0 Å². The molecule has 86 valence electrons. The SMILES string of the molecule is C#CCCC(N)Cc1cccc2ccccc12. The van der Waals surface area contributed by atoms with E-state index in [0.717, 1.165) is 19.3 Å². The van der Waals surface area contributed by atoms with E-state index in [-0.39, 0.29) is 6.04 Å². The summed E-state index contributed by atoms with van der Waals surface area (Å²) in [6, 6.07) is 14.9. The zero-order valence-electron chi connectivity index (χ0n) is 9.89. The minimum atomic E-state index is 0.150. The lowest BCUT2D eigenvalue weighted by Gasteiger charge is -2.12. The van der Waals surface area contributed by atoms with E-state index in [2.05, 4.69) is 48.4 Å². The van der Waals surface area contributed by atoms with Crippen molar-refractivity contribution < 1.29 is 0 Å². The molecule has 1 atom stereocenters. The van der Waals surface area contributed by atoms with Crippen LogP contribution in [-0.2, 0) is 6.42 Å². The van der Waals surface area contributed by atoms with Crippen LogP contribution < -0.4 is 5.73 Å². The van der Waals surface area contributed by atoms with Gasteiger partial charge in [0.25, 0.3) is 0 Å². The summed E-state index contributed by atoms with van der Waals surface area (Å²) >= 11 is 0. The summed E-state index contributed by atoms with van der Waals surface area (Å²) in [6.07, 6.45) is 7.79. The fraction of sp³-hybridized carbons (Fsp3) is 0.250. The van der Waals surface area contributed by atoms with Gasteiger partial charge in [-0.2, -0.15) is 0 Å². The molecule has 2 aromatic rings. The molecule has 2 N–H and O–H groups in total. The maximum atomic E-state index is 6.09. The largest absolute Gasteiger partial charge is 0.327 e. The molecule has 0 amide bonds. The standard InChI is InChI=1S/C16H17N/c1-2-3-10-15(17)12-14-9-6-8-13-7-4-5-11-16(13)14/h1,4-9,11,15H,3,10,12,17H2. The molecule has 1 unspecified atom stereocenters. The van der Waals surface area contributed by atoms with Crippen molar-refractivity contribution in [2.45, 2.75) is 25.3 Å². The maximum Gasteiger partial charge on any atom is 0.0101 e. The summed E-state index contributed by atoms with van der Waals surface area (Å²) in [5, 5.41) is 2.57. The van der Waals surface area contributed by atoms with E-state index in [0.29, 0.717) is 0 Å². The van der Waals surface area contributed by atoms with Gasteiger partial charge in [-0.25, -0.2) is 0 Å². The zero-order chi connectivity index (χ0) is 12.1. The number of terminal acetylenes is 1. The molecule has 0 aliphatic heterocycles. The van der Waals surface area contributed by atoms with Crippen LogP contribution in [0.25, 0.3) is 10.8 Å². The number of benzene rings is 2. The van der Waals surface area contributed by atoms with Crippen molar-refractivity contribution in [3.05, 3.63) is 48.0 Å². The van der Waals surface area contributed by atoms with Crippen molar-refractivity contribution in [3.8, 4) is 12.3 Å².